The van der Waals surface area contributed by atoms with Gasteiger partial charge < -0.3 is 5.11 Å². The average molecular weight is 339 g/mol. The van der Waals surface area contributed by atoms with E-state index >= 15 is 0 Å². The second-order valence-corrected chi connectivity index (χ2v) is 7.40. The Bertz CT molecular complexity index is 502. The van der Waals surface area contributed by atoms with E-state index in [-0.39, 0.29) is 17.3 Å². The fraction of sp³-hybridized carbons (Fsp3) is 0.500. The van der Waals surface area contributed by atoms with Crippen LogP contribution in [-0.2, 0) is 9.84 Å². The molecule has 1 rings (SSSR count). The Morgan fingerprint density at radius 2 is 2.11 bits per heavy atom. The summed E-state index contributed by atoms with van der Waals surface area (Å²) in [6, 6.07) is 4.28. The molecule has 1 N–H and O–H groups in total. The molecular formula is C12H16BrFO3S. The summed E-state index contributed by atoms with van der Waals surface area (Å²) in [7, 11) is -2.99. The minimum Gasteiger partial charge on any atom is -0.388 e. The molecule has 1 atom stereocenters. The van der Waals surface area contributed by atoms with Gasteiger partial charge in [-0.05, 0) is 46.5 Å². The van der Waals surface area contributed by atoms with Crippen molar-refractivity contribution in [2.45, 2.75) is 25.9 Å². The van der Waals surface area contributed by atoms with Crippen molar-refractivity contribution < 1.29 is 17.9 Å². The molecule has 1 aromatic carbocycles. The minimum absolute atomic E-state index is 0.0723. The lowest BCUT2D eigenvalue weighted by Gasteiger charge is -2.11. The van der Waals surface area contributed by atoms with Gasteiger partial charge >= 0.3 is 0 Å². The van der Waals surface area contributed by atoms with Gasteiger partial charge in [0.2, 0.25) is 0 Å². The van der Waals surface area contributed by atoms with Crippen molar-refractivity contribution in [3.63, 3.8) is 0 Å². The first-order valence-corrected chi connectivity index (χ1v) is 8.30. The van der Waals surface area contributed by atoms with Crippen LogP contribution in [0.1, 0.15) is 31.4 Å². The zero-order valence-electron chi connectivity index (χ0n) is 10.1. The summed E-state index contributed by atoms with van der Waals surface area (Å²) >= 11 is 3.04. The van der Waals surface area contributed by atoms with Crippen LogP contribution >= 0.6 is 15.9 Å². The topological polar surface area (TPSA) is 54.4 Å². The summed E-state index contributed by atoms with van der Waals surface area (Å²) < 4.78 is 35.9. The maximum absolute atomic E-state index is 13.0. The lowest BCUT2D eigenvalue weighted by Crippen LogP contribution is -2.10. The van der Waals surface area contributed by atoms with E-state index in [1.165, 1.54) is 18.2 Å². The molecule has 0 heterocycles. The lowest BCUT2D eigenvalue weighted by molar-refractivity contribution is 0.166. The normalized spacial score (nSPS) is 13.6. The number of hydrogen-bond donors (Lipinski definition) is 1. The van der Waals surface area contributed by atoms with E-state index in [0.717, 1.165) is 0 Å². The van der Waals surface area contributed by atoms with Crippen molar-refractivity contribution in [3.8, 4) is 0 Å². The van der Waals surface area contributed by atoms with E-state index < -0.39 is 15.9 Å². The van der Waals surface area contributed by atoms with Crippen LogP contribution in [0.15, 0.2) is 22.7 Å². The number of halogens is 2. The van der Waals surface area contributed by atoms with Crippen LogP contribution in [0, 0.1) is 5.82 Å². The smallest absolute Gasteiger partial charge is 0.150 e. The van der Waals surface area contributed by atoms with Gasteiger partial charge in [-0.3, -0.25) is 0 Å². The van der Waals surface area contributed by atoms with Crippen molar-refractivity contribution in [1.82, 2.24) is 0 Å². The zero-order valence-corrected chi connectivity index (χ0v) is 12.5. The van der Waals surface area contributed by atoms with Gasteiger partial charge in [-0.1, -0.05) is 13.0 Å². The molecule has 0 aliphatic carbocycles. The van der Waals surface area contributed by atoms with Gasteiger partial charge in [0.25, 0.3) is 0 Å². The minimum atomic E-state index is -2.99. The average Bonchev–Trinajstić information content (AvgIpc) is 2.32. The van der Waals surface area contributed by atoms with Crippen LogP contribution in [-0.4, -0.2) is 25.0 Å². The van der Waals surface area contributed by atoms with E-state index in [2.05, 4.69) is 15.9 Å². The molecule has 0 fully saturated rings. The Morgan fingerprint density at radius 3 is 2.67 bits per heavy atom. The van der Waals surface area contributed by atoms with Crippen molar-refractivity contribution in [2.75, 3.05) is 11.5 Å². The molecule has 0 bridgehead atoms. The Kier molecular flexibility index (Phi) is 5.75. The van der Waals surface area contributed by atoms with Crippen LogP contribution in [0.3, 0.4) is 0 Å². The maximum Gasteiger partial charge on any atom is 0.150 e. The lowest BCUT2D eigenvalue weighted by atomic mass is 10.1. The van der Waals surface area contributed by atoms with Crippen LogP contribution in [0.2, 0.25) is 0 Å². The van der Waals surface area contributed by atoms with Crippen LogP contribution in [0.4, 0.5) is 4.39 Å². The highest BCUT2D eigenvalue weighted by Gasteiger charge is 2.12. The van der Waals surface area contributed by atoms with Crippen LogP contribution in [0.5, 0.6) is 0 Å². The SMILES string of the molecule is CCS(=O)(=O)CCCC(O)c1ccc(F)c(Br)c1. The van der Waals surface area contributed by atoms with E-state index in [0.29, 0.717) is 22.9 Å². The maximum atomic E-state index is 13.0. The largest absolute Gasteiger partial charge is 0.388 e. The molecule has 0 spiro atoms. The van der Waals surface area contributed by atoms with Crippen LogP contribution < -0.4 is 0 Å². The second kappa shape index (κ2) is 6.63. The predicted molar refractivity (Wildman–Crippen MR) is 72.6 cm³/mol. The number of benzene rings is 1. The van der Waals surface area contributed by atoms with Crippen molar-refractivity contribution in [3.05, 3.63) is 34.1 Å². The molecule has 1 aromatic rings. The van der Waals surface area contributed by atoms with Gasteiger partial charge in [0.05, 0.1) is 16.3 Å². The Balaban J connectivity index is 2.55. The number of rotatable bonds is 6. The number of aliphatic hydroxyl groups is 1. The molecule has 1 unspecified atom stereocenters. The third kappa shape index (κ3) is 4.66. The molecule has 0 saturated heterocycles. The molecule has 18 heavy (non-hydrogen) atoms. The van der Waals surface area contributed by atoms with Gasteiger partial charge in [-0.15, -0.1) is 0 Å². The molecule has 0 saturated carbocycles. The van der Waals surface area contributed by atoms with Crippen molar-refractivity contribution in [2.24, 2.45) is 0 Å². The van der Waals surface area contributed by atoms with E-state index in [1.54, 1.807) is 6.92 Å². The van der Waals surface area contributed by atoms with Gasteiger partial charge in [-0.2, -0.15) is 0 Å². The van der Waals surface area contributed by atoms with Gasteiger partial charge in [0.1, 0.15) is 15.7 Å². The Hall–Kier alpha value is -0.460. The number of aliphatic hydroxyl groups excluding tert-OH is 1. The first kappa shape index (κ1) is 15.6. The summed E-state index contributed by atoms with van der Waals surface area (Å²) in [4.78, 5) is 0. The molecule has 0 amide bonds. The summed E-state index contributed by atoms with van der Waals surface area (Å²) in [5.74, 6) is -0.201. The van der Waals surface area contributed by atoms with E-state index in [1.807, 2.05) is 0 Å². The summed E-state index contributed by atoms with van der Waals surface area (Å²) in [5.41, 5.74) is 0.581. The molecule has 3 nitrogen and oxygen atoms in total. The quantitative estimate of drug-likeness (QED) is 0.867. The molecule has 102 valence electrons. The zero-order chi connectivity index (χ0) is 13.8. The third-order valence-corrected chi connectivity index (χ3v) is 5.10. The predicted octanol–water partition coefficient (Wildman–Crippen LogP) is 2.84. The van der Waals surface area contributed by atoms with Crippen molar-refractivity contribution >= 4 is 25.8 Å². The molecule has 0 aromatic heterocycles. The highest BCUT2D eigenvalue weighted by Crippen LogP contribution is 2.24. The first-order chi connectivity index (χ1) is 8.35. The van der Waals surface area contributed by atoms with Crippen LogP contribution in [0.25, 0.3) is 0 Å². The molecule has 6 heteroatoms. The fourth-order valence-corrected chi connectivity index (χ4v) is 2.82. The Morgan fingerprint density at radius 1 is 1.44 bits per heavy atom. The summed E-state index contributed by atoms with van der Waals surface area (Å²) in [6.07, 6.45) is -0.0298. The molecule has 0 radical (unpaired) electrons. The standard InChI is InChI=1S/C12H16BrFO3S/c1-2-18(16,17)7-3-4-12(15)9-5-6-11(14)10(13)8-9/h5-6,8,12,15H,2-4,7H2,1H3. The highest BCUT2D eigenvalue weighted by atomic mass is 79.9. The number of sulfone groups is 1. The summed E-state index contributed by atoms with van der Waals surface area (Å²) in [5, 5.41) is 9.87. The van der Waals surface area contributed by atoms with Gasteiger partial charge in [0.15, 0.2) is 0 Å². The monoisotopic (exact) mass is 338 g/mol. The number of hydrogen-bond acceptors (Lipinski definition) is 3. The molecule has 0 aliphatic heterocycles. The first-order valence-electron chi connectivity index (χ1n) is 5.69. The molecule has 0 aliphatic rings. The highest BCUT2D eigenvalue weighted by molar-refractivity contribution is 9.10. The van der Waals surface area contributed by atoms with Gasteiger partial charge in [-0.25, -0.2) is 12.8 Å². The van der Waals surface area contributed by atoms with Gasteiger partial charge in [0, 0.05) is 5.75 Å². The summed E-state index contributed by atoms with van der Waals surface area (Å²) in [6.45, 7) is 1.60. The Labute approximate surface area is 115 Å². The third-order valence-electron chi connectivity index (χ3n) is 2.70. The van der Waals surface area contributed by atoms with Crippen molar-refractivity contribution in [1.29, 1.82) is 0 Å². The molecular weight excluding hydrogens is 323 g/mol. The fourth-order valence-electron chi connectivity index (χ4n) is 1.53. The van der Waals surface area contributed by atoms with E-state index in [9.17, 15) is 17.9 Å². The second-order valence-electron chi connectivity index (χ2n) is 4.07. The van der Waals surface area contributed by atoms with E-state index in [4.69, 9.17) is 0 Å².